The summed E-state index contributed by atoms with van der Waals surface area (Å²) in [4.78, 5) is 21.9. The molecule has 1 rings (SSSR count). The lowest BCUT2D eigenvalue weighted by Crippen LogP contribution is -2.32. The normalized spacial score (nSPS) is 12.8. The van der Waals surface area contributed by atoms with Crippen molar-refractivity contribution in [1.82, 2.24) is 5.32 Å². The van der Waals surface area contributed by atoms with E-state index >= 15 is 0 Å². The van der Waals surface area contributed by atoms with E-state index in [1.807, 2.05) is 0 Å². The Morgan fingerprint density at radius 3 is 2.25 bits per heavy atom. The highest BCUT2D eigenvalue weighted by Gasteiger charge is 2.38. The topological polar surface area (TPSA) is 66.4 Å². The molecule has 0 aliphatic heterocycles. The van der Waals surface area contributed by atoms with E-state index in [0.717, 1.165) is 0 Å². The number of carbonyl (C=O) groups is 2. The minimum absolute atomic E-state index is 0.0249. The van der Waals surface area contributed by atoms with E-state index in [1.54, 1.807) is 0 Å². The van der Waals surface area contributed by atoms with Crippen molar-refractivity contribution in [3.63, 3.8) is 0 Å². The van der Waals surface area contributed by atoms with Crippen LogP contribution in [0.5, 0.6) is 0 Å². The van der Waals surface area contributed by atoms with Gasteiger partial charge in [-0.25, -0.2) is 4.79 Å². The molecule has 20 heavy (non-hydrogen) atoms. The summed E-state index contributed by atoms with van der Waals surface area (Å²) in [5.74, 6) is -1.85. The Kier molecular flexibility index (Phi) is 5.43. The van der Waals surface area contributed by atoms with Gasteiger partial charge in [0, 0.05) is 13.0 Å². The third kappa shape index (κ3) is 5.12. The minimum Gasteiger partial charge on any atom is -0.478 e. The highest BCUT2D eigenvalue weighted by atomic mass is 32.1. The van der Waals surface area contributed by atoms with Crippen molar-refractivity contribution in [2.75, 3.05) is 0 Å². The number of halogens is 3. The maximum absolute atomic E-state index is 12.2. The Morgan fingerprint density at radius 2 is 1.80 bits per heavy atom. The number of carbonyl (C=O) groups excluding carboxylic acids is 1. The zero-order valence-corrected chi connectivity index (χ0v) is 11.0. The fourth-order valence-corrected chi connectivity index (χ4v) is 1.50. The number of hydrogen-bond acceptors (Lipinski definition) is 3. The summed E-state index contributed by atoms with van der Waals surface area (Å²) in [6, 6.07) is 5.65. The second-order valence-electron chi connectivity index (χ2n) is 4.04. The summed E-state index contributed by atoms with van der Waals surface area (Å²) in [7, 11) is 0. The van der Waals surface area contributed by atoms with E-state index in [-0.39, 0.29) is 12.1 Å². The van der Waals surface area contributed by atoms with Gasteiger partial charge >= 0.3 is 12.1 Å². The van der Waals surface area contributed by atoms with Gasteiger partial charge < -0.3 is 10.4 Å². The number of hydrogen-bond donors (Lipinski definition) is 3. The van der Waals surface area contributed by atoms with Crippen LogP contribution in [0, 0.1) is 0 Å². The summed E-state index contributed by atoms with van der Waals surface area (Å²) in [5.41, 5.74) is 0.679. The fraction of sp³-hybridized carbons (Fsp3) is 0.333. The molecule has 0 saturated carbocycles. The quantitative estimate of drug-likeness (QED) is 0.731. The Balaban J connectivity index is 2.47. The number of carboxylic acids is 1. The van der Waals surface area contributed by atoms with E-state index in [2.05, 4.69) is 17.9 Å². The molecule has 0 radical (unpaired) electrons. The first-order chi connectivity index (χ1) is 9.20. The Morgan fingerprint density at radius 1 is 1.25 bits per heavy atom. The Labute approximate surface area is 118 Å². The van der Waals surface area contributed by atoms with E-state index < -0.39 is 29.7 Å². The summed E-state index contributed by atoms with van der Waals surface area (Å²) < 4.78 is 36.5. The highest BCUT2D eigenvalue weighted by molar-refractivity contribution is 7.81. The van der Waals surface area contributed by atoms with E-state index in [9.17, 15) is 22.8 Å². The largest absolute Gasteiger partial charge is 0.478 e. The SMILES string of the molecule is O=C(CC(S)C(F)(F)F)NCc1ccc(C(=O)O)cc1. The maximum atomic E-state index is 12.2. The molecule has 0 spiro atoms. The van der Waals surface area contributed by atoms with Gasteiger partial charge in [0.05, 0.1) is 5.56 Å². The molecule has 1 amide bonds. The lowest BCUT2D eigenvalue weighted by molar-refractivity contribution is -0.139. The van der Waals surface area contributed by atoms with E-state index in [4.69, 9.17) is 5.11 Å². The molecule has 0 bridgehead atoms. The molecule has 1 atom stereocenters. The average molecular weight is 307 g/mol. The zero-order valence-electron chi connectivity index (χ0n) is 10.1. The fourth-order valence-electron chi connectivity index (χ4n) is 1.33. The molecule has 1 aromatic carbocycles. The maximum Gasteiger partial charge on any atom is 0.400 e. The van der Waals surface area contributed by atoms with Crippen molar-refractivity contribution >= 4 is 24.5 Å². The van der Waals surface area contributed by atoms with Crippen molar-refractivity contribution in [3.8, 4) is 0 Å². The number of alkyl halides is 3. The zero-order chi connectivity index (χ0) is 15.3. The molecule has 0 saturated heterocycles. The van der Waals surface area contributed by atoms with Crippen LogP contribution in [0.2, 0.25) is 0 Å². The number of nitrogens with one attached hydrogen (secondary N) is 1. The number of carboxylic acid groups (broad SMARTS) is 1. The van der Waals surface area contributed by atoms with Gasteiger partial charge in [0.1, 0.15) is 5.25 Å². The summed E-state index contributed by atoms with van der Waals surface area (Å²) in [6.45, 7) is 0.0249. The van der Waals surface area contributed by atoms with E-state index in [1.165, 1.54) is 24.3 Å². The predicted molar refractivity (Wildman–Crippen MR) is 68.7 cm³/mol. The lowest BCUT2D eigenvalue weighted by atomic mass is 10.1. The summed E-state index contributed by atoms with van der Waals surface area (Å²) in [5, 5.41) is 9.00. The van der Waals surface area contributed by atoms with Gasteiger partial charge in [0.25, 0.3) is 0 Å². The highest BCUT2D eigenvalue weighted by Crippen LogP contribution is 2.26. The molecule has 0 fully saturated rings. The van der Waals surface area contributed by atoms with Crippen molar-refractivity contribution in [2.24, 2.45) is 0 Å². The first-order valence-electron chi connectivity index (χ1n) is 5.54. The van der Waals surface area contributed by atoms with Gasteiger partial charge in [-0.05, 0) is 17.7 Å². The summed E-state index contributed by atoms with van der Waals surface area (Å²) in [6.07, 6.45) is -5.29. The number of benzene rings is 1. The van der Waals surface area contributed by atoms with Crippen LogP contribution in [0.15, 0.2) is 24.3 Å². The van der Waals surface area contributed by atoms with Crippen LogP contribution >= 0.6 is 12.6 Å². The molecule has 110 valence electrons. The number of thiol groups is 1. The van der Waals surface area contributed by atoms with Gasteiger partial charge in [0.15, 0.2) is 0 Å². The monoisotopic (exact) mass is 307 g/mol. The van der Waals surface area contributed by atoms with Crippen molar-refractivity contribution in [2.45, 2.75) is 24.4 Å². The molecule has 2 N–H and O–H groups in total. The molecule has 4 nitrogen and oxygen atoms in total. The van der Waals surface area contributed by atoms with Crippen LogP contribution in [-0.2, 0) is 11.3 Å². The third-order valence-corrected chi connectivity index (χ3v) is 2.92. The average Bonchev–Trinajstić information content (AvgIpc) is 2.35. The van der Waals surface area contributed by atoms with Crippen molar-refractivity contribution < 1.29 is 27.9 Å². The molecule has 1 aromatic rings. The van der Waals surface area contributed by atoms with E-state index in [0.29, 0.717) is 5.56 Å². The molecule has 0 aromatic heterocycles. The minimum atomic E-state index is -4.52. The first kappa shape index (κ1) is 16.4. The van der Waals surface area contributed by atoms with Gasteiger partial charge in [-0.2, -0.15) is 25.8 Å². The Bertz CT molecular complexity index is 488. The first-order valence-corrected chi connectivity index (χ1v) is 6.05. The predicted octanol–water partition coefficient (Wildman–Crippen LogP) is 2.25. The lowest BCUT2D eigenvalue weighted by Gasteiger charge is -2.14. The van der Waals surface area contributed by atoms with Crippen LogP contribution in [0.25, 0.3) is 0 Å². The van der Waals surface area contributed by atoms with Gasteiger partial charge in [-0.1, -0.05) is 12.1 Å². The van der Waals surface area contributed by atoms with Gasteiger partial charge in [-0.3, -0.25) is 4.79 Å². The molecular formula is C12H12F3NO3S. The van der Waals surface area contributed by atoms with Crippen LogP contribution in [0.1, 0.15) is 22.3 Å². The van der Waals surface area contributed by atoms with Gasteiger partial charge in [-0.15, -0.1) is 0 Å². The van der Waals surface area contributed by atoms with Crippen LogP contribution in [-0.4, -0.2) is 28.4 Å². The third-order valence-electron chi connectivity index (χ3n) is 2.45. The molecule has 0 aliphatic rings. The van der Waals surface area contributed by atoms with Crippen molar-refractivity contribution in [1.29, 1.82) is 0 Å². The number of amides is 1. The number of rotatable bonds is 5. The Hall–Kier alpha value is -1.70. The molecule has 8 heteroatoms. The second kappa shape index (κ2) is 6.65. The number of aromatic carboxylic acids is 1. The standard InChI is InChI=1S/C12H12F3NO3S/c13-12(14,15)9(20)5-10(17)16-6-7-1-3-8(4-2-7)11(18)19/h1-4,9,20H,5-6H2,(H,16,17)(H,18,19). The smallest absolute Gasteiger partial charge is 0.400 e. The van der Waals surface area contributed by atoms with Crippen LogP contribution in [0.3, 0.4) is 0 Å². The van der Waals surface area contributed by atoms with Crippen molar-refractivity contribution in [3.05, 3.63) is 35.4 Å². The summed E-state index contributed by atoms with van der Waals surface area (Å²) >= 11 is 3.31. The molecule has 0 aliphatic carbocycles. The molecule has 1 unspecified atom stereocenters. The van der Waals surface area contributed by atoms with Gasteiger partial charge in [0.2, 0.25) is 5.91 Å². The van der Waals surface area contributed by atoms with Crippen LogP contribution < -0.4 is 5.32 Å². The molecule has 0 heterocycles. The van der Waals surface area contributed by atoms with Crippen LogP contribution in [0.4, 0.5) is 13.2 Å². The second-order valence-corrected chi connectivity index (χ2v) is 4.66. The molecular weight excluding hydrogens is 295 g/mol.